The van der Waals surface area contributed by atoms with Crippen molar-refractivity contribution in [1.82, 2.24) is 14.9 Å². The predicted molar refractivity (Wildman–Crippen MR) is 135 cm³/mol. The fourth-order valence-electron chi connectivity index (χ4n) is 4.98. The van der Waals surface area contributed by atoms with Gasteiger partial charge in [-0.2, -0.15) is 0 Å². The summed E-state index contributed by atoms with van der Waals surface area (Å²) in [6.45, 7) is 3.29. The summed E-state index contributed by atoms with van der Waals surface area (Å²) < 4.78 is 0. The first-order valence-electron chi connectivity index (χ1n) is 11.6. The number of H-pyrrole nitrogens is 1. The summed E-state index contributed by atoms with van der Waals surface area (Å²) in [5, 5.41) is 11.6. The van der Waals surface area contributed by atoms with Gasteiger partial charge in [-0.1, -0.05) is 30.3 Å². The van der Waals surface area contributed by atoms with Crippen molar-refractivity contribution < 1.29 is 9.90 Å². The van der Waals surface area contributed by atoms with Crippen molar-refractivity contribution in [3.63, 3.8) is 0 Å². The average molecular weight is 448 g/mol. The minimum atomic E-state index is 0.0432. The molecule has 6 rings (SSSR count). The highest BCUT2D eigenvalue weighted by Crippen LogP contribution is 2.29. The number of amides is 1. The third kappa shape index (κ3) is 3.69. The van der Waals surface area contributed by atoms with E-state index in [1.807, 2.05) is 36.1 Å². The smallest absolute Gasteiger partial charge is 0.254 e. The summed E-state index contributed by atoms with van der Waals surface area (Å²) in [4.78, 5) is 23.2. The Balaban J connectivity index is 1.31. The van der Waals surface area contributed by atoms with Gasteiger partial charge in [0, 0.05) is 18.7 Å². The number of carbonyl (C=O) groups excluding carboxylic acids is 1. The Kier molecular flexibility index (Phi) is 4.84. The van der Waals surface area contributed by atoms with Crippen LogP contribution in [0, 0.1) is 6.92 Å². The number of benzene rings is 4. The number of nitrogens with one attached hydrogen (secondary N) is 1. The number of aromatic nitrogens is 2. The lowest BCUT2D eigenvalue weighted by Gasteiger charge is -2.21. The molecule has 168 valence electrons. The number of phenols is 1. The van der Waals surface area contributed by atoms with Crippen molar-refractivity contribution in [2.24, 2.45) is 0 Å². The monoisotopic (exact) mass is 447 g/mol. The van der Waals surface area contributed by atoms with E-state index in [1.165, 1.54) is 11.1 Å². The van der Waals surface area contributed by atoms with E-state index in [0.29, 0.717) is 12.1 Å². The van der Waals surface area contributed by atoms with Crippen LogP contribution in [0.1, 0.15) is 33.7 Å². The molecule has 0 saturated carbocycles. The van der Waals surface area contributed by atoms with Crippen LogP contribution in [0.4, 0.5) is 0 Å². The number of aromatic amines is 1. The van der Waals surface area contributed by atoms with Crippen molar-refractivity contribution in [1.29, 1.82) is 0 Å². The molecule has 1 aromatic heterocycles. The van der Waals surface area contributed by atoms with Gasteiger partial charge in [-0.05, 0) is 95.3 Å². The van der Waals surface area contributed by atoms with Crippen LogP contribution in [0.5, 0.6) is 5.75 Å². The maximum absolute atomic E-state index is 13.4. The van der Waals surface area contributed by atoms with Crippen LogP contribution in [0.2, 0.25) is 0 Å². The van der Waals surface area contributed by atoms with E-state index in [1.54, 1.807) is 12.1 Å². The molecule has 0 unspecified atom stereocenters. The molecule has 0 aliphatic carbocycles. The highest BCUT2D eigenvalue weighted by Gasteiger charge is 2.21. The molecule has 0 saturated heterocycles. The molecule has 2 N–H and O–H groups in total. The first kappa shape index (κ1) is 20.5. The first-order chi connectivity index (χ1) is 16.5. The zero-order valence-electron chi connectivity index (χ0n) is 19.0. The van der Waals surface area contributed by atoms with Crippen molar-refractivity contribution in [3.05, 3.63) is 95.3 Å². The molecule has 0 radical (unpaired) electrons. The maximum atomic E-state index is 13.4. The van der Waals surface area contributed by atoms with E-state index >= 15 is 0 Å². The summed E-state index contributed by atoms with van der Waals surface area (Å²) >= 11 is 0. The van der Waals surface area contributed by atoms with Gasteiger partial charge in [-0.3, -0.25) is 4.79 Å². The summed E-state index contributed by atoms with van der Waals surface area (Å²) in [7, 11) is 0. The Hall–Kier alpha value is -4.12. The van der Waals surface area contributed by atoms with E-state index in [2.05, 4.69) is 46.4 Å². The highest BCUT2D eigenvalue weighted by molar-refractivity contribution is 5.99. The largest absolute Gasteiger partial charge is 0.508 e. The lowest BCUT2D eigenvalue weighted by Crippen LogP contribution is -2.30. The zero-order chi connectivity index (χ0) is 23.2. The van der Waals surface area contributed by atoms with Gasteiger partial charge in [0.25, 0.3) is 5.91 Å². The molecule has 1 aliphatic rings. The SMILES string of the molecule is Cc1nc2cc(-c3ccc4c(c3)CN(C(=O)c3ccc5cc(O)ccc5c3)CCC4)ccc2[nH]1. The normalized spacial score (nSPS) is 13.7. The van der Waals surface area contributed by atoms with Crippen LogP contribution in [-0.4, -0.2) is 32.4 Å². The standard InChI is InChI=1S/C29H25N3O2/c1-18-30-27-11-9-23(16-28(27)31-18)20-5-4-19-3-2-12-32(17-25(19)14-20)29(34)24-7-6-22-15-26(33)10-8-21(22)13-24/h4-11,13-16,33H,2-3,12,17H2,1H3,(H,30,31). The van der Waals surface area contributed by atoms with Gasteiger partial charge in [-0.15, -0.1) is 0 Å². The van der Waals surface area contributed by atoms with Crippen molar-refractivity contribution >= 4 is 27.7 Å². The summed E-state index contributed by atoms with van der Waals surface area (Å²) in [6, 6.07) is 23.8. The van der Waals surface area contributed by atoms with Gasteiger partial charge < -0.3 is 15.0 Å². The Morgan fingerprint density at radius 1 is 0.912 bits per heavy atom. The molecule has 0 fully saturated rings. The average Bonchev–Trinajstić information content (AvgIpc) is 3.08. The van der Waals surface area contributed by atoms with Crippen molar-refractivity contribution in [3.8, 4) is 16.9 Å². The number of rotatable bonds is 2. The van der Waals surface area contributed by atoms with Gasteiger partial charge >= 0.3 is 0 Å². The molecule has 5 nitrogen and oxygen atoms in total. The molecule has 0 atom stereocenters. The lowest BCUT2D eigenvalue weighted by molar-refractivity contribution is 0.0746. The van der Waals surface area contributed by atoms with Gasteiger partial charge in [0.05, 0.1) is 11.0 Å². The summed E-state index contributed by atoms with van der Waals surface area (Å²) in [6.07, 6.45) is 1.91. The fourth-order valence-corrected chi connectivity index (χ4v) is 4.98. The van der Waals surface area contributed by atoms with E-state index in [9.17, 15) is 9.90 Å². The lowest BCUT2D eigenvalue weighted by atomic mass is 9.97. The summed E-state index contributed by atoms with van der Waals surface area (Å²) in [5.74, 6) is 1.18. The number of fused-ring (bicyclic) bond motifs is 3. The number of carbonyl (C=O) groups is 1. The topological polar surface area (TPSA) is 69.2 Å². The molecular weight excluding hydrogens is 422 g/mol. The molecule has 5 heteroatoms. The number of hydrogen-bond acceptors (Lipinski definition) is 3. The Bertz CT molecular complexity index is 1570. The van der Waals surface area contributed by atoms with E-state index in [4.69, 9.17) is 0 Å². The molecule has 5 aromatic rings. The fraction of sp³-hybridized carbons (Fsp3) is 0.172. The van der Waals surface area contributed by atoms with Gasteiger partial charge in [-0.25, -0.2) is 4.98 Å². The van der Waals surface area contributed by atoms with Crippen LogP contribution in [-0.2, 0) is 13.0 Å². The first-order valence-corrected chi connectivity index (χ1v) is 11.6. The van der Waals surface area contributed by atoms with Gasteiger partial charge in [0.2, 0.25) is 0 Å². The second kappa shape index (κ2) is 8.03. The van der Waals surface area contributed by atoms with E-state index in [0.717, 1.165) is 58.1 Å². The Morgan fingerprint density at radius 2 is 1.71 bits per heavy atom. The molecule has 1 amide bonds. The Labute approximate surface area is 197 Å². The van der Waals surface area contributed by atoms with Gasteiger partial charge in [0.1, 0.15) is 11.6 Å². The molecule has 0 spiro atoms. The minimum Gasteiger partial charge on any atom is -0.508 e. The number of nitrogens with zero attached hydrogens (tertiary/aromatic N) is 2. The quantitative estimate of drug-likeness (QED) is 0.349. The van der Waals surface area contributed by atoms with E-state index in [-0.39, 0.29) is 11.7 Å². The zero-order valence-corrected chi connectivity index (χ0v) is 19.0. The number of aryl methyl sites for hydroxylation is 2. The van der Waals surface area contributed by atoms with Crippen LogP contribution in [0.15, 0.2) is 72.8 Å². The number of imidazole rings is 1. The van der Waals surface area contributed by atoms with Crippen LogP contribution in [0.25, 0.3) is 32.9 Å². The van der Waals surface area contributed by atoms with E-state index < -0.39 is 0 Å². The number of aromatic hydroxyl groups is 1. The maximum Gasteiger partial charge on any atom is 0.254 e. The van der Waals surface area contributed by atoms with Gasteiger partial charge in [0.15, 0.2) is 0 Å². The minimum absolute atomic E-state index is 0.0432. The molecule has 34 heavy (non-hydrogen) atoms. The van der Waals surface area contributed by atoms with Crippen molar-refractivity contribution in [2.75, 3.05) is 6.54 Å². The second-order valence-corrected chi connectivity index (χ2v) is 9.11. The molecule has 4 aromatic carbocycles. The molecule has 0 bridgehead atoms. The van der Waals surface area contributed by atoms with Crippen LogP contribution < -0.4 is 0 Å². The Morgan fingerprint density at radius 3 is 2.62 bits per heavy atom. The number of hydrogen-bond donors (Lipinski definition) is 2. The third-order valence-electron chi connectivity index (χ3n) is 6.73. The second-order valence-electron chi connectivity index (χ2n) is 9.11. The molecular formula is C29H25N3O2. The summed E-state index contributed by atoms with van der Waals surface area (Å²) in [5.41, 5.74) is 7.46. The van der Waals surface area contributed by atoms with Crippen LogP contribution in [0.3, 0.4) is 0 Å². The van der Waals surface area contributed by atoms with Crippen LogP contribution >= 0.6 is 0 Å². The molecule has 2 heterocycles. The molecule has 1 aliphatic heterocycles. The predicted octanol–water partition coefficient (Wildman–Crippen LogP) is 5.99. The third-order valence-corrected chi connectivity index (χ3v) is 6.73. The highest BCUT2D eigenvalue weighted by atomic mass is 16.3. The van der Waals surface area contributed by atoms with Crippen molar-refractivity contribution in [2.45, 2.75) is 26.3 Å². The number of phenolic OH excluding ortho intramolecular Hbond substituents is 1.